The van der Waals surface area contributed by atoms with Crippen LogP contribution < -0.4 is 10.1 Å². The van der Waals surface area contributed by atoms with Crippen molar-refractivity contribution in [3.63, 3.8) is 0 Å². The molecule has 2 heterocycles. The number of anilines is 1. The second-order valence-corrected chi connectivity index (χ2v) is 7.11. The van der Waals surface area contributed by atoms with Crippen molar-refractivity contribution < 1.29 is 9.53 Å². The molecule has 0 radical (unpaired) electrons. The zero-order valence-electron chi connectivity index (χ0n) is 16.0. The van der Waals surface area contributed by atoms with E-state index in [1.807, 2.05) is 50.4 Å². The summed E-state index contributed by atoms with van der Waals surface area (Å²) in [5.74, 6) is 0.242. The maximum Gasteiger partial charge on any atom is 0.259 e. The van der Waals surface area contributed by atoms with E-state index in [4.69, 9.17) is 16.3 Å². The Morgan fingerprint density at radius 1 is 1.17 bits per heavy atom. The SMILES string of the molecule is Cc1nn(C)c2ncc(NC(=O)c3ccccc3OCc3ccc(Cl)cc3)cc12. The minimum absolute atomic E-state index is 0.264. The Morgan fingerprint density at radius 2 is 1.93 bits per heavy atom. The number of nitrogens with zero attached hydrogens (tertiary/aromatic N) is 3. The summed E-state index contributed by atoms with van der Waals surface area (Å²) in [5, 5.41) is 8.82. The van der Waals surface area contributed by atoms with Crippen molar-refractivity contribution in [2.45, 2.75) is 13.5 Å². The van der Waals surface area contributed by atoms with Crippen LogP contribution in [0.25, 0.3) is 11.0 Å². The highest BCUT2D eigenvalue weighted by molar-refractivity contribution is 6.30. The first kappa shape index (κ1) is 19.0. The lowest BCUT2D eigenvalue weighted by molar-refractivity contribution is 0.102. The molecule has 0 fully saturated rings. The molecule has 0 aliphatic carbocycles. The van der Waals surface area contributed by atoms with Crippen molar-refractivity contribution >= 4 is 34.2 Å². The van der Waals surface area contributed by atoms with Crippen molar-refractivity contribution in [1.82, 2.24) is 14.8 Å². The first-order valence-corrected chi connectivity index (χ1v) is 9.46. The number of fused-ring (bicyclic) bond motifs is 1. The number of carbonyl (C=O) groups is 1. The molecule has 1 amide bonds. The number of aryl methyl sites for hydroxylation is 2. The van der Waals surface area contributed by atoms with Crippen LogP contribution in [0.2, 0.25) is 5.02 Å². The van der Waals surface area contributed by atoms with Gasteiger partial charge in [-0.25, -0.2) is 4.98 Å². The number of benzene rings is 2. The number of amides is 1. The zero-order chi connectivity index (χ0) is 20.4. The van der Waals surface area contributed by atoms with Crippen LogP contribution >= 0.6 is 11.6 Å². The third-order valence-corrected chi connectivity index (χ3v) is 4.81. The fourth-order valence-electron chi connectivity index (χ4n) is 3.10. The maximum absolute atomic E-state index is 12.9. The van der Waals surface area contributed by atoms with Gasteiger partial charge in [-0.3, -0.25) is 9.48 Å². The fourth-order valence-corrected chi connectivity index (χ4v) is 3.22. The van der Waals surface area contributed by atoms with Crippen LogP contribution in [0.15, 0.2) is 60.8 Å². The van der Waals surface area contributed by atoms with Gasteiger partial charge in [-0.15, -0.1) is 0 Å². The summed E-state index contributed by atoms with van der Waals surface area (Å²) in [5.41, 5.74) is 3.65. The summed E-state index contributed by atoms with van der Waals surface area (Å²) >= 11 is 5.92. The van der Waals surface area contributed by atoms with Gasteiger partial charge in [-0.2, -0.15) is 5.10 Å². The average Bonchev–Trinajstić information content (AvgIpc) is 3.01. The smallest absolute Gasteiger partial charge is 0.259 e. The van der Waals surface area contributed by atoms with Crippen LogP contribution in [0, 0.1) is 6.92 Å². The van der Waals surface area contributed by atoms with Crippen molar-refractivity contribution in [2.24, 2.45) is 7.05 Å². The normalized spacial score (nSPS) is 10.9. The van der Waals surface area contributed by atoms with Gasteiger partial charge in [0.25, 0.3) is 5.91 Å². The summed E-state index contributed by atoms with van der Waals surface area (Å²) in [6.45, 7) is 2.25. The quantitative estimate of drug-likeness (QED) is 0.518. The Bertz CT molecular complexity index is 1190. The molecule has 0 unspecified atom stereocenters. The largest absolute Gasteiger partial charge is 0.488 e. The maximum atomic E-state index is 12.9. The van der Waals surface area contributed by atoms with E-state index in [0.717, 1.165) is 22.3 Å². The van der Waals surface area contributed by atoms with Crippen LogP contribution in [-0.4, -0.2) is 20.7 Å². The van der Waals surface area contributed by atoms with Gasteiger partial charge in [0.2, 0.25) is 0 Å². The molecule has 2 aromatic heterocycles. The second-order valence-electron chi connectivity index (χ2n) is 6.67. The van der Waals surface area contributed by atoms with Crippen molar-refractivity contribution in [3.8, 4) is 5.75 Å². The molecule has 2 aromatic carbocycles. The highest BCUT2D eigenvalue weighted by Gasteiger charge is 2.14. The number of nitrogens with one attached hydrogen (secondary N) is 1. The van der Waals surface area contributed by atoms with Gasteiger partial charge in [0.15, 0.2) is 5.65 Å². The van der Waals surface area contributed by atoms with Crippen molar-refractivity contribution in [3.05, 3.63) is 82.6 Å². The Morgan fingerprint density at radius 3 is 2.72 bits per heavy atom. The van der Waals surface area contributed by atoms with Crippen LogP contribution in [0.3, 0.4) is 0 Å². The molecule has 0 atom stereocenters. The van der Waals surface area contributed by atoms with E-state index in [0.29, 0.717) is 28.6 Å². The van der Waals surface area contributed by atoms with Crippen LogP contribution in [0.5, 0.6) is 5.75 Å². The van der Waals surface area contributed by atoms with E-state index < -0.39 is 0 Å². The predicted octanol–water partition coefficient (Wildman–Crippen LogP) is 4.76. The number of ether oxygens (including phenoxy) is 1. The lowest BCUT2D eigenvalue weighted by Crippen LogP contribution is -2.14. The van der Waals surface area contributed by atoms with Gasteiger partial charge < -0.3 is 10.1 Å². The highest BCUT2D eigenvalue weighted by Crippen LogP contribution is 2.23. The summed E-state index contributed by atoms with van der Waals surface area (Å²) in [6, 6.07) is 16.4. The van der Waals surface area contributed by atoms with E-state index in [1.54, 1.807) is 29.1 Å². The van der Waals surface area contributed by atoms with E-state index in [9.17, 15) is 4.79 Å². The number of rotatable bonds is 5. The molecule has 4 rings (SSSR count). The number of carbonyl (C=O) groups excluding carboxylic acids is 1. The fraction of sp³-hybridized carbons (Fsp3) is 0.136. The first-order chi connectivity index (χ1) is 14.0. The number of pyridine rings is 1. The van der Waals surface area contributed by atoms with E-state index in [1.165, 1.54) is 0 Å². The molecule has 0 spiro atoms. The lowest BCUT2D eigenvalue weighted by Gasteiger charge is -2.12. The minimum Gasteiger partial charge on any atom is -0.488 e. The van der Waals surface area contributed by atoms with Crippen molar-refractivity contribution in [1.29, 1.82) is 0 Å². The lowest BCUT2D eigenvalue weighted by atomic mass is 10.1. The third kappa shape index (κ3) is 4.07. The average molecular weight is 407 g/mol. The molecule has 0 saturated carbocycles. The van der Waals surface area contributed by atoms with Gasteiger partial charge in [0, 0.05) is 17.5 Å². The monoisotopic (exact) mass is 406 g/mol. The number of aromatic nitrogens is 3. The number of para-hydroxylation sites is 1. The Hall–Kier alpha value is -3.38. The van der Waals surface area contributed by atoms with Gasteiger partial charge in [-0.1, -0.05) is 35.9 Å². The highest BCUT2D eigenvalue weighted by atomic mass is 35.5. The molecular formula is C22H19ClN4O2. The molecule has 0 aliphatic heterocycles. The second kappa shape index (κ2) is 7.93. The van der Waals surface area contributed by atoms with E-state index in [-0.39, 0.29) is 5.91 Å². The van der Waals surface area contributed by atoms with Crippen LogP contribution in [-0.2, 0) is 13.7 Å². The molecule has 1 N–H and O–H groups in total. The Balaban J connectivity index is 1.53. The predicted molar refractivity (Wildman–Crippen MR) is 113 cm³/mol. The summed E-state index contributed by atoms with van der Waals surface area (Å²) in [6.07, 6.45) is 1.62. The Kier molecular flexibility index (Phi) is 5.18. The summed E-state index contributed by atoms with van der Waals surface area (Å²) < 4.78 is 7.60. The molecule has 0 saturated heterocycles. The molecular weight excluding hydrogens is 388 g/mol. The number of halogens is 1. The molecule has 29 heavy (non-hydrogen) atoms. The summed E-state index contributed by atoms with van der Waals surface area (Å²) in [7, 11) is 1.84. The topological polar surface area (TPSA) is 69.0 Å². The molecule has 146 valence electrons. The third-order valence-electron chi connectivity index (χ3n) is 4.56. The molecule has 0 bridgehead atoms. The molecule has 6 nitrogen and oxygen atoms in total. The standard InChI is InChI=1S/C22H19ClN4O2/c1-14-19-11-17(12-24-21(19)27(2)26-14)25-22(28)18-5-3-4-6-20(18)29-13-15-7-9-16(23)10-8-15/h3-12H,13H2,1-2H3,(H,25,28). The molecule has 0 aliphatic rings. The van der Waals surface area contributed by atoms with Gasteiger partial charge >= 0.3 is 0 Å². The number of hydrogen-bond donors (Lipinski definition) is 1. The van der Waals surface area contributed by atoms with Gasteiger partial charge in [0.1, 0.15) is 12.4 Å². The first-order valence-electron chi connectivity index (χ1n) is 9.08. The van der Waals surface area contributed by atoms with Gasteiger partial charge in [-0.05, 0) is 42.8 Å². The van der Waals surface area contributed by atoms with E-state index in [2.05, 4.69) is 15.4 Å². The van der Waals surface area contributed by atoms with Crippen LogP contribution in [0.4, 0.5) is 5.69 Å². The number of hydrogen-bond acceptors (Lipinski definition) is 4. The zero-order valence-corrected chi connectivity index (χ0v) is 16.8. The van der Waals surface area contributed by atoms with Crippen molar-refractivity contribution in [2.75, 3.05) is 5.32 Å². The summed E-state index contributed by atoms with van der Waals surface area (Å²) in [4.78, 5) is 17.3. The van der Waals surface area contributed by atoms with E-state index >= 15 is 0 Å². The minimum atomic E-state index is -0.264. The van der Waals surface area contributed by atoms with Gasteiger partial charge in [0.05, 0.1) is 23.1 Å². The molecule has 4 aromatic rings. The van der Waals surface area contributed by atoms with Crippen LogP contribution in [0.1, 0.15) is 21.6 Å². The Labute approximate surface area is 173 Å². The molecule has 7 heteroatoms.